The lowest BCUT2D eigenvalue weighted by Gasteiger charge is -2.51. The van der Waals surface area contributed by atoms with Gasteiger partial charge in [-0.1, -0.05) is 0 Å². The Morgan fingerprint density at radius 2 is 1.38 bits per heavy atom. The first-order chi connectivity index (χ1) is 15.3. The van der Waals surface area contributed by atoms with E-state index in [0.29, 0.717) is 12.1 Å². The smallest absolute Gasteiger partial charge is 0.234 e. The Labute approximate surface area is 191 Å². The summed E-state index contributed by atoms with van der Waals surface area (Å²) in [6.45, 7) is 10.9. The fourth-order valence-electron chi connectivity index (χ4n) is 4.78. The van der Waals surface area contributed by atoms with E-state index < -0.39 is 0 Å². The number of anilines is 1. The number of hydrogen-bond acceptors (Lipinski definition) is 5. The Morgan fingerprint density at radius 1 is 0.875 bits per heavy atom. The molecule has 1 amide bonds. The minimum absolute atomic E-state index is 0.0873. The number of ether oxygens (including phenoxy) is 2. The fourth-order valence-corrected chi connectivity index (χ4v) is 4.78. The summed E-state index contributed by atoms with van der Waals surface area (Å²) >= 11 is 0. The van der Waals surface area contributed by atoms with E-state index in [0.717, 1.165) is 22.9 Å². The molecule has 1 aliphatic rings. The van der Waals surface area contributed by atoms with Crippen molar-refractivity contribution in [2.75, 3.05) is 19.1 Å². The second kappa shape index (κ2) is 10.2. The molecule has 6 nitrogen and oxygen atoms in total. The van der Waals surface area contributed by atoms with Crippen LogP contribution in [0, 0.1) is 5.92 Å². The monoisotopic (exact) mass is 437 g/mol. The number of benzene rings is 2. The van der Waals surface area contributed by atoms with Gasteiger partial charge in [-0.2, -0.15) is 0 Å². The van der Waals surface area contributed by atoms with E-state index in [1.54, 1.807) is 14.2 Å². The summed E-state index contributed by atoms with van der Waals surface area (Å²) in [6, 6.07) is 15.9. The maximum atomic E-state index is 13.4. The molecule has 1 aliphatic heterocycles. The van der Waals surface area contributed by atoms with E-state index in [-0.39, 0.29) is 23.9 Å². The molecular weight excluding hydrogens is 402 g/mol. The molecule has 0 spiro atoms. The minimum Gasteiger partial charge on any atom is -0.497 e. The van der Waals surface area contributed by atoms with Crippen LogP contribution in [0.4, 0.5) is 11.4 Å². The summed E-state index contributed by atoms with van der Waals surface area (Å²) in [5, 5.41) is 0. The molecular formula is C26H35N3O3. The second-order valence-corrected chi connectivity index (χ2v) is 8.77. The molecule has 0 N–H and O–H groups in total. The van der Waals surface area contributed by atoms with Crippen LogP contribution >= 0.6 is 0 Å². The van der Waals surface area contributed by atoms with E-state index in [9.17, 15) is 4.79 Å². The summed E-state index contributed by atoms with van der Waals surface area (Å²) in [7, 11) is 3.28. The van der Waals surface area contributed by atoms with Gasteiger partial charge in [-0.3, -0.25) is 14.7 Å². The molecule has 2 aromatic carbocycles. The molecule has 1 saturated heterocycles. The average molecular weight is 438 g/mol. The van der Waals surface area contributed by atoms with Gasteiger partial charge in [-0.25, -0.2) is 0 Å². The third-order valence-corrected chi connectivity index (χ3v) is 6.17. The summed E-state index contributed by atoms with van der Waals surface area (Å²) in [4.78, 5) is 22.4. The summed E-state index contributed by atoms with van der Waals surface area (Å²) in [5.74, 6) is 1.52. The van der Waals surface area contributed by atoms with Crippen LogP contribution in [0.1, 0.15) is 34.6 Å². The van der Waals surface area contributed by atoms with Gasteiger partial charge in [0.05, 0.1) is 31.9 Å². The molecule has 3 atom stereocenters. The maximum absolute atomic E-state index is 13.4. The third-order valence-electron chi connectivity index (χ3n) is 6.17. The maximum Gasteiger partial charge on any atom is 0.234 e. The van der Waals surface area contributed by atoms with Gasteiger partial charge in [0.1, 0.15) is 11.5 Å². The van der Waals surface area contributed by atoms with Gasteiger partial charge in [0.15, 0.2) is 0 Å². The van der Waals surface area contributed by atoms with Crippen molar-refractivity contribution in [3.63, 3.8) is 0 Å². The highest BCUT2D eigenvalue weighted by molar-refractivity contribution is 6.09. The van der Waals surface area contributed by atoms with Gasteiger partial charge < -0.3 is 14.4 Å². The first kappa shape index (κ1) is 23.8. The lowest BCUT2D eigenvalue weighted by atomic mass is 9.80. The summed E-state index contributed by atoms with van der Waals surface area (Å²) in [6.07, 6.45) is 1.91. The number of rotatable bonds is 9. The fraction of sp³-hybridized carbons (Fsp3) is 0.462. The van der Waals surface area contributed by atoms with Gasteiger partial charge in [0.25, 0.3) is 0 Å². The molecule has 32 heavy (non-hydrogen) atoms. The molecule has 0 saturated carbocycles. The largest absolute Gasteiger partial charge is 0.497 e. The van der Waals surface area contributed by atoms with Gasteiger partial charge >= 0.3 is 0 Å². The lowest BCUT2D eigenvalue weighted by molar-refractivity contribution is -0.132. The van der Waals surface area contributed by atoms with Gasteiger partial charge in [-0.15, -0.1) is 0 Å². The predicted octanol–water partition coefficient (Wildman–Crippen LogP) is 4.95. The standard InChI is InChI=1S/C26H35N3O3/c1-17(2)28(18(3)4)19(5)25-24(16-27-20-8-12-22(31-6)13-9-20)29(26(25)30)21-10-14-23(32-7)15-11-21/h8-19,24-25H,1-7H3/t19-,24+,25+/m0/s1. The van der Waals surface area contributed by atoms with E-state index >= 15 is 0 Å². The van der Waals surface area contributed by atoms with Gasteiger partial charge in [0, 0.05) is 30.0 Å². The number of amides is 1. The number of nitrogens with zero attached hydrogens (tertiary/aromatic N) is 3. The number of carbonyl (C=O) groups excluding carboxylic acids is 1. The highest BCUT2D eigenvalue weighted by Gasteiger charge is 2.51. The first-order valence-electron chi connectivity index (χ1n) is 11.2. The number of aliphatic imine (C=N–C) groups is 1. The Kier molecular flexibility index (Phi) is 7.56. The average Bonchev–Trinajstić information content (AvgIpc) is 2.76. The van der Waals surface area contributed by atoms with Crippen molar-refractivity contribution >= 4 is 23.5 Å². The molecule has 0 aliphatic carbocycles. The topological polar surface area (TPSA) is 54.4 Å². The van der Waals surface area contributed by atoms with Crippen LogP contribution in [0.25, 0.3) is 0 Å². The van der Waals surface area contributed by atoms with Crippen molar-refractivity contribution in [1.29, 1.82) is 0 Å². The molecule has 2 aromatic rings. The molecule has 172 valence electrons. The lowest BCUT2D eigenvalue weighted by Crippen LogP contribution is -2.68. The summed E-state index contributed by atoms with van der Waals surface area (Å²) < 4.78 is 10.5. The van der Waals surface area contributed by atoms with E-state index in [1.807, 2.05) is 59.6 Å². The molecule has 0 bridgehead atoms. The molecule has 0 unspecified atom stereocenters. The van der Waals surface area contributed by atoms with Crippen molar-refractivity contribution in [2.45, 2.75) is 58.8 Å². The van der Waals surface area contributed by atoms with Crippen LogP contribution in [0.15, 0.2) is 53.5 Å². The quantitative estimate of drug-likeness (QED) is 0.412. The Hall–Kier alpha value is -2.86. The second-order valence-electron chi connectivity index (χ2n) is 8.77. The Balaban J connectivity index is 1.92. The molecule has 3 rings (SSSR count). The van der Waals surface area contributed by atoms with Crippen molar-refractivity contribution in [3.05, 3.63) is 48.5 Å². The predicted molar refractivity (Wildman–Crippen MR) is 130 cm³/mol. The highest BCUT2D eigenvalue weighted by Crippen LogP contribution is 2.37. The van der Waals surface area contributed by atoms with E-state index in [4.69, 9.17) is 14.5 Å². The van der Waals surface area contributed by atoms with Crippen LogP contribution in [-0.2, 0) is 4.79 Å². The molecule has 6 heteroatoms. The normalized spacial score (nSPS) is 19.7. The van der Waals surface area contributed by atoms with Crippen LogP contribution < -0.4 is 14.4 Å². The minimum atomic E-state index is -0.163. The van der Waals surface area contributed by atoms with Gasteiger partial charge in [0.2, 0.25) is 5.91 Å². The number of hydrogen-bond donors (Lipinski definition) is 0. The molecule has 1 heterocycles. The van der Waals surface area contributed by atoms with Gasteiger partial charge in [-0.05, 0) is 83.1 Å². The zero-order chi connectivity index (χ0) is 23.4. The highest BCUT2D eigenvalue weighted by atomic mass is 16.5. The Bertz CT molecular complexity index is 914. The number of β-lactam (4-membered cyclic amide) rings is 1. The van der Waals surface area contributed by atoms with Crippen LogP contribution in [0.5, 0.6) is 11.5 Å². The molecule has 0 radical (unpaired) electrons. The van der Waals surface area contributed by atoms with Crippen molar-refractivity contribution in [1.82, 2.24) is 4.90 Å². The first-order valence-corrected chi connectivity index (χ1v) is 11.2. The molecule has 0 aromatic heterocycles. The van der Waals surface area contributed by atoms with Crippen molar-refractivity contribution in [2.24, 2.45) is 10.9 Å². The number of methoxy groups -OCH3 is 2. The zero-order valence-corrected chi connectivity index (χ0v) is 20.1. The van der Waals surface area contributed by atoms with E-state index in [2.05, 4.69) is 39.5 Å². The van der Waals surface area contributed by atoms with Crippen molar-refractivity contribution < 1.29 is 14.3 Å². The zero-order valence-electron chi connectivity index (χ0n) is 20.1. The van der Waals surface area contributed by atoms with Crippen LogP contribution in [0.3, 0.4) is 0 Å². The van der Waals surface area contributed by atoms with Crippen LogP contribution in [-0.4, -0.2) is 55.4 Å². The van der Waals surface area contributed by atoms with E-state index in [1.165, 1.54) is 0 Å². The third kappa shape index (κ3) is 4.80. The molecule has 1 fully saturated rings. The summed E-state index contributed by atoms with van der Waals surface area (Å²) in [5.41, 5.74) is 1.68. The SMILES string of the molecule is COc1ccc(N=C[C@@H]2[C@@H]([C@H](C)N(C(C)C)C(C)C)C(=O)N2c2ccc(OC)cc2)cc1. The van der Waals surface area contributed by atoms with Crippen molar-refractivity contribution in [3.8, 4) is 11.5 Å². The Morgan fingerprint density at radius 3 is 1.84 bits per heavy atom. The number of carbonyl (C=O) groups is 1. The van der Waals surface area contributed by atoms with Crippen LogP contribution in [0.2, 0.25) is 0 Å².